The molecule has 1 saturated heterocycles. The van der Waals surface area contributed by atoms with E-state index in [1.165, 1.54) is 17.4 Å². The molecule has 2 aliphatic heterocycles. The van der Waals surface area contributed by atoms with E-state index >= 15 is 0 Å². The molecule has 1 amide bonds. The number of hydrogen-bond acceptors (Lipinski definition) is 4. The first-order valence-electron chi connectivity index (χ1n) is 9.19. The van der Waals surface area contributed by atoms with Crippen LogP contribution in [0.4, 0.5) is 19.0 Å². The monoisotopic (exact) mass is 398 g/mol. The summed E-state index contributed by atoms with van der Waals surface area (Å²) >= 11 is 1.42. The number of anilines is 1. The van der Waals surface area contributed by atoms with Crippen molar-refractivity contribution in [1.82, 2.24) is 14.7 Å². The Morgan fingerprint density at radius 3 is 2.59 bits per heavy atom. The number of hydrogen-bond donors (Lipinski definition) is 1. The molecule has 2 aliphatic rings. The molecule has 0 radical (unpaired) electrons. The number of carbonyl (C=O) groups excluding carboxylic acids is 1. The highest BCUT2D eigenvalue weighted by molar-refractivity contribution is 7.10. The Kier molecular flexibility index (Phi) is 4.88. The van der Waals surface area contributed by atoms with Gasteiger partial charge < -0.3 is 10.2 Å². The van der Waals surface area contributed by atoms with Crippen LogP contribution in [0.3, 0.4) is 0 Å². The van der Waals surface area contributed by atoms with E-state index in [1.54, 1.807) is 4.90 Å². The fourth-order valence-corrected chi connectivity index (χ4v) is 4.58. The number of amides is 1. The zero-order valence-electron chi connectivity index (χ0n) is 14.7. The third-order valence-electron chi connectivity index (χ3n) is 5.19. The summed E-state index contributed by atoms with van der Waals surface area (Å²) in [4.78, 5) is 15.3. The SMILES string of the molecule is O=C(c1cc2n(n1)[C@H](C(F)(F)F)C[C@@H](c1cccs1)N2)N1CCCCCC1. The van der Waals surface area contributed by atoms with Gasteiger partial charge in [0.1, 0.15) is 5.82 Å². The summed E-state index contributed by atoms with van der Waals surface area (Å²) in [5.74, 6) is -0.0330. The van der Waals surface area contributed by atoms with Gasteiger partial charge in [-0.2, -0.15) is 18.3 Å². The van der Waals surface area contributed by atoms with E-state index in [1.807, 2.05) is 17.5 Å². The number of carbonyl (C=O) groups is 1. The Labute approximate surface area is 159 Å². The normalized spacial score (nSPS) is 23.4. The number of rotatable bonds is 2. The molecule has 0 unspecified atom stereocenters. The molecule has 1 fully saturated rings. The summed E-state index contributed by atoms with van der Waals surface area (Å²) in [7, 11) is 0. The predicted octanol–water partition coefficient (Wildman–Crippen LogP) is 4.62. The molecule has 5 nitrogen and oxygen atoms in total. The quantitative estimate of drug-likeness (QED) is 0.803. The zero-order valence-corrected chi connectivity index (χ0v) is 15.5. The van der Waals surface area contributed by atoms with E-state index < -0.39 is 18.3 Å². The highest BCUT2D eigenvalue weighted by Gasteiger charge is 2.47. The van der Waals surface area contributed by atoms with Gasteiger partial charge in [0.15, 0.2) is 11.7 Å². The van der Waals surface area contributed by atoms with E-state index in [0.29, 0.717) is 13.1 Å². The van der Waals surface area contributed by atoms with Crippen molar-refractivity contribution in [3.8, 4) is 0 Å². The van der Waals surface area contributed by atoms with Crippen LogP contribution in [0.5, 0.6) is 0 Å². The molecule has 9 heteroatoms. The first-order chi connectivity index (χ1) is 12.9. The summed E-state index contributed by atoms with van der Waals surface area (Å²) < 4.78 is 42.0. The maximum Gasteiger partial charge on any atom is 0.410 e. The average molecular weight is 398 g/mol. The molecule has 146 valence electrons. The average Bonchev–Trinajstić information content (AvgIpc) is 3.23. The number of halogens is 3. The van der Waals surface area contributed by atoms with Gasteiger partial charge in [-0.3, -0.25) is 4.79 Å². The molecule has 4 heterocycles. The number of thiophene rings is 1. The van der Waals surface area contributed by atoms with E-state index in [2.05, 4.69) is 10.4 Å². The van der Waals surface area contributed by atoms with Crippen molar-refractivity contribution in [3.05, 3.63) is 34.2 Å². The molecule has 0 aliphatic carbocycles. The van der Waals surface area contributed by atoms with Gasteiger partial charge in [-0.1, -0.05) is 18.9 Å². The lowest BCUT2D eigenvalue weighted by Gasteiger charge is -2.32. The molecule has 0 saturated carbocycles. The topological polar surface area (TPSA) is 50.2 Å². The number of nitrogens with zero attached hydrogens (tertiary/aromatic N) is 3. The minimum Gasteiger partial charge on any atom is -0.363 e. The zero-order chi connectivity index (χ0) is 19.0. The van der Waals surface area contributed by atoms with Crippen LogP contribution in [-0.4, -0.2) is 39.9 Å². The van der Waals surface area contributed by atoms with Crippen molar-refractivity contribution in [2.24, 2.45) is 0 Å². The van der Waals surface area contributed by atoms with Crippen LogP contribution in [-0.2, 0) is 0 Å². The minimum absolute atomic E-state index is 0.0838. The van der Waals surface area contributed by atoms with Crippen molar-refractivity contribution < 1.29 is 18.0 Å². The first kappa shape index (κ1) is 18.3. The molecule has 2 atom stereocenters. The Morgan fingerprint density at radius 2 is 1.96 bits per heavy atom. The maximum absolute atomic E-state index is 13.7. The number of alkyl halides is 3. The molecule has 1 N–H and O–H groups in total. The predicted molar refractivity (Wildman–Crippen MR) is 97.0 cm³/mol. The Bertz CT molecular complexity index is 794. The first-order valence-corrected chi connectivity index (χ1v) is 10.1. The van der Waals surface area contributed by atoms with Crippen molar-refractivity contribution in [1.29, 1.82) is 0 Å². The second kappa shape index (κ2) is 7.18. The largest absolute Gasteiger partial charge is 0.410 e. The third kappa shape index (κ3) is 3.69. The summed E-state index contributed by atoms with van der Waals surface area (Å²) in [6, 6.07) is 2.93. The van der Waals surface area contributed by atoms with Crippen LogP contribution >= 0.6 is 11.3 Å². The number of likely N-dealkylation sites (tertiary alicyclic amines) is 1. The summed E-state index contributed by atoms with van der Waals surface area (Å²) in [5, 5.41) is 9.05. The second-order valence-corrected chi connectivity index (χ2v) is 8.05. The van der Waals surface area contributed by atoms with E-state index in [0.717, 1.165) is 35.2 Å². The van der Waals surface area contributed by atoms with Crippen LogP contribution in [0.1, 0.15) is 59.6 Å². The lowest BCUT2D eigenvalue weighted by Crippen LogP contribution is -2.36. The fourth-order valence-electron chi connectivity index (χ4n) is 3.79. The van der Waals surface area contributed by atoms with E-state index in [9.17, 15) is 18.0 Å². The van der Waals surface area contributed by atoms with Gasteiger partial charge in [-0.15, -0.1) is 11.3 Å². The van der Waals surface area contributed by atoms with Gasteiger partial charge in [0.2, 0.25) is 0 Å². The van der Waals surface area contributed by atoms with E-state index in [-0.39, 0.29) is 23.8 Å². The Balaban J connectivity index is 1.64. The smallest absolute Gasteiger partial charge is 0.363 e. The van der Waals surface area contributed by atoms with Crippen LogP contribution in [0.2, 0.25) is 0 Å². The minimum atomic E-state index is -4.43. The van der Waals surface area contributed by atoms with Gasteiger partial charge in [0, 0.05) is 30.5 Å². The molecule has 0 spiro atoms. The molecule has 4 rings (SSSR count). The highest BCUT2D eigenvalue weighted by atomic mass is 32.1. The molecule has 2 aromatic heterocycles. The van der Waals surface area contributed by atoms with Crippen molar-refractivity contribution in [2.45, 2.75) is 50.4 Å². The number of fused-ring (bicyclic) bond motifs is 1. The van der Waals surface area contributed by atoms with Crippen molar-refractivity contribution >= 4 is 23.1 Å². The lowest BCUT2D eigenvalue weighted by molar-refractivity contribution is -0.173. The van der Waals surface area contributed by atoms with Crippen molar-refractivity contribution in [2.75, 3.05) is 18.4 Å². The number of aromatic nitrogens is 2. The Hall–Kier alpha value is -2.03. The second-order valence-electron chi connectivity index (χ2n) is 7.07. The van der Waals surface area contributed by atoms with Gasteiger partial charge in [0.25, 0.3) is 5.91 Å². The molecular formula is C18H21F3N4OS. The van der Waals surface area contributed by atoms with Gasteiger partial charge in [0.05, 0.1) is 6.04 Å². The molecule has 0 bridgehead atoms. The van der Waals surface area contributed by atoms with Gasteiger partial charge in [-0.05, 0) is 24.3 Å². The van der Waals surface area contributed by atoms with Crippen LogP contribution in [0, 0.1) is 0 Å². The van der Waals surface area contributed by atoms with Crippen LogP contribution in [0.25, 0.3) is 0 Å². The summed E-state index contributed by atoms with van der Waals surface area (Å²) in [5.41, 5.74) is 0.0838. The van der Waals surface area contributed by atoms with Crippen LogP contribution in [0.15, 0.2) is 23.6 Å². The standard InChI is InChI=1S/C18H21F3N4OS/c19-18(20,21)15-10-12(14-6-5-9-27-14)22-16-11-13(23-25(15)16)17(26)24-7-3-1-2-4-8-24/h5-6,9,11-12,15,22H,1-4,7-8,10H2/t12-,15-/m0/s1. The number of nitrogens with one attached hydrogen (secondary N) is 1. The molecule has 27 heavy (non-hydrogen) atoms. The van der Waals surface area contributed by atoms with Gasteiger partial charge in [-0.25, -0.2) is 4.68 Å². The summed E-state index contributed by atoms with van der Waals surface area (Å²) in [6.45, 7) is 1.27. The fraction of sp³-hybridized carbons (Fsp3) is 0.556. The Morgan fingerprint density at radius 1 is 1.22 bits per heavy atom. The summed E-state index contributed by atoms with van der Waals surface area (Å²) in [6.07, 6.45) is -0.586. The maximum atomic E-state index is 13.7. The highest BCUT2D eigenvalue weighted by Crippen LogP contribution is 2.44. The third-order valence-corrected chi connectivity index (χ3v) is 6.17. The lowest BCUT2D eigenvalue weighted by atomic mass is 10.0. The van der Waals surface area contributed by atoms with Crippen LogP contribution < -0.4 is 5.32 Å². The molecule has 0 aromatic carbocycles. The van der Waals surface area contributed by atoms with Crippen molar-refractivity contribution in [3.63, 3.8) is 0 Å². The van der Waals surface area contributed by atoms with E-state index in [4.69, 9.17) is 0 Å². The molecular weight excluding hydrogens is 377 g/mol. The molecule has 2 aromatic rings. The van der Waals surface area contributed by atoms with Gasteiger partial charge >= 0.3 is 6.18 Å².